The van der Waals surface area contributed by atoms with E-state index in [0.717, 1.165) is 21.2 Å². The van der Waals surface area contributed by atoms with Crippen LogP contribution in [0.2, 0.25) is 0 Å². The molecule has 0 aliphatic rings. The van der Waals surface area contributed by atoms with E-state index in [2.05, 4.69) is 33.0 Å². The highest BCUT2D eigenvalue weighted by Crippen LogP contribution is 2.35. The number of fused-ring (bicyclic) bond motifs is 1. The van der Waals surface area contributed by atoms with E-state index in [4.69, 9.17) is 4.74 Å². The van der Waals surface area contributed by atoms with Crippen LogP contribution in [0.3, 0.4) is 0 Å². The molecule has 0 amide bonds. The monoisotopic (exact) mass is 313 g/mol. The number of nitrogens with zero attached hydrogens (tertiary/aromatic N) is 1. The predicted octanol–water partition coefficient (Wildman–Crippen LogP) is 5.10. The second-order valence-corrected chi connectivity index (χ2v) is 5.12. The molecule has 0 aliphatic carbocycles. The van der Waals surface area contributed by atoms with E-state index in [0.29, 0.717) is 5.88 Å². The number of pyridine rings is 1. The lowest BCUT2D eigenvalue weighted by Crippen LogP contribution is -1.91. The average Bonchev–Trinajstić information content (AvgIpc) is 2.44. The van der Waals surface area contributed by atoms with Gasteiger partial charge in [0.25, 0.3) is 0 Å². The minimum Gasteiger partial charge on any atom is -0.438 e. The Morgan fingerprint density at radius 2 is 1.84 bits per heavy atom. The van der Waals surface area contributed by atoms with Crippen LogP contribution in [0.25, 0.3) is 10.8 Å². The molecule has 19 heavy (non-hydrogen) atoms. The minimum atomic E-state index is 0.637. The standard InChI is InChI=1S/C16H12BrNO/c1-11-5-4-10-18-16(11)19-14-9-8-12-6-2-3-7-13(12)15(14)17/h2-10H,1H3. The van der Waals surface area contributed by atoms with Gasteiger partial charge in [0, 0.05) is 11.8 Å². The van der Waals surface area contributed by atoms with Crippen molar-refractivity contribution in [2.75, 3.05) is 0 Å². The molecule has 0 N–H and O–H groups in total. The zero-order valence-electron chi connectivity index (χ0n) is 10.4. The van der Waals surface area contributed by atoms with Gasteiger partial charge in [-0.1, -0.05) is 36.4 Å². The Morgan fingerprint density at radius 3 is 2.68 bits per heavy atom. The molecule has 3 rings (SSSR count). The molecule has 94 valence electrons. The van der Waals surface area contributed by atoms with E-state index >= 15 is 0 Å². The fourth-order valence-electron chi connectivity index (χ4n) is 1.97. The Bertz CT molecular complexity index is 740. The highest BCUT2D eigenvalue weighted by molar-refractivity contribution is 9.10. The third kappa shape index (κ3) is 2.34. The number of ether oxygens (including phenoxy) is 1. The Balaban J connectivity index is 2.07. The topological polar surface area (TPSA) is 22.1 Å². The van der Waals surface area contributed by atoms with Gasteiger partial charge < -0.3 is 4.74 Å². The van der Waals surface area contributed by atoms with Gasteiger partial charge in [-0.05, 0) is 45.8 Å². The molecule has 0 spiro atoms. The summed E-state index contributed by atoms with van der Waals surface area (Å²) in [6.07, 6.45) is 1.73. The van der Waals surface area contributed by atoms with Gasteiger partial charge in [0.15, 0.2) is 0 Å². The summed E-state index contributed by atoms with van der Waals surface area (Å²) in [5, 5.41) is 2.31. The normalized spacial score (nSPS) is 10.6. The van der Waals surface area contributed by atoms with Crippen molar-refractivity contribution in [3.05, 3.63) is 64.8 Å². The summed E-state index contributed by atoms with van der Waals surface area (Å²) in [7, 11) is 0. The summed E-state index contributed by atoms with van der Waals surface area (Å²) in [5.41, 5.74) is 1.02. The molecule has 0 saturated carbocycles. The molecule has 0 aliphatic heterocycles. The second kappa shape index (κ2) is 5.02. The van der Waals surface area contributed by atoms with Gasteiger partial charge in [-0.3, -0.25) is 0 Å². The highest BCUT2D eigenvalue weighted by Gasteiger charge is 2.08. The number of benzene rings is 2. The van der Waals surface area contributed by atoms with Crippen LogP contribution >= 0.6 is 15.9 Å². The van der Waals surface area contributed by atoms with Crippen LogP contribution in [0.1, 0.15) is 5.56 Å². The third-order valence-corrected chi connectivity index (χ3v) is 3.81. The number of hydrogen-bond donors (Lipinski definition) is 0. The molecule has 2 nitrogen and oxygen atoms in total. The van der Waals surface area contributed by atoms with Crippen molar-refractivity contribution in [2.45, 2.75) is 6.92 Å². The number of halogens is 1. The molecule has 3 heteroatoms. The summed E-state index contributed by atoms with van der Waals surface area (Å²) < 4.78 is 6.84. The van der Waals surface area contributed by atoms with Crippen molar-refractivity contribution in [3.8, 4) is 11.6 Å². The fourth-order valence-corrected chi connectivity index (χ4v) is 2.55. The van der Waals surface area contributed by atoms with Crippen molar-refractivity contribution in [1.82, 2.24) is 4.98 Å². The van der Waals surface area contributed by atoms with E-state index in [1.807, 2.05) is 43.3 Å². The largest absolute Gasteiger partial charge is 0.438 e. The maximum absolute atomic E-state index is 5.89. The molecule has 1 heterocycles. The predicted molar refractivity (Wildman–Crippen MR) is 80.7 cm³/mol. The van der Waals surface area contributed by atoms with Crippen LogP contribution in [-0.2, 0) is 0 Å². The molecule has 0 unspecified atom stereocenters. The average molecular weight is 314 g/mol. The molecule has 0 atom stereocenters. The lowest BCUT2D eigenvalue weighted by Gasteiger charge is -2.10. The van der Waals surface area contributed by atoms with E-state index in [1.165, 1.54) is 5.39 Å². The smallest absolute Gasteiger partial charge is 0.222 e. The molecule has 0 fully saturated rings. The van der Waals surface area contributed by atoms with Crippen molar-refractivity contribution in [3.63, 3.8) is 0 Å². The first kappa shape index (κ1) is 12.2. The molecule has 0 bridgehead atoms. The van der Waals surface area contributed by atoms with Gasteiger partial charge in [-0.25, -0.2) is 4.98 Å². The van der Waals surface area contributed by atoms with Gasteiger partial charge in [-0.2, -0.15) is 0 Å². The Kier molecular flexibility index (Phi) is 3.22. The van der Waals surface area contributed by atoms with Crippen molar-refractivity contribution < 1.29 is 4.74 Å². The molecule has 3 aromatic rings. The van der Waals surface area contributed by atoms with E-state index < -0.39 is 0 Å². The quantitative estimate of drug-likeness (QED) is 0.656. The van der Waals surface area contributed by atoms with Gasteiger partial charge in [0.05, 0.1) is 4.47 Å². The Labute approximate surface area is 120 Å². The third-order valence-electron chi connectivity index (χ3n) is 3.00. The van der Waals surface area contributed by atoms with E-state index in [9.17, 15) is 0 Å². The van der Waals surface area contributed by atoms with Crippen LogP contribution in [0.15, 0.2) is 59.2 Å². The first-order valence-electron chi connectivity index (χ1n) is 6.02. The van der Waals surface area contributed by atoms with Gasteiger partial charge >= 0.3 is 0 Å². The number of rotatable bonds is 2. The van der Waals surface area contributed by atoms with Gasteiger partial charge in [0.2, 0.25) is 5.88 Å². The van der Waals surface area contributed by atoms with E-state index in [1.54, 1.807) is 6.20 Å². The van der Waals surface area contributed by atoms with Gasteiger partial charge in [-0.15, -0.1) is 0 Å². The van der Waals surface area contributed by atoms with Crippen molar-refractivity contribution >= 4 is 26.7 Å². The highest BCUT2D eigenvalue weighted by atomic mass is 79.9. The Hall–Kier alpha value is -1.87. The van der Waals surface area contributed by atoms with Crippen LogP contribution in [0, 0.1) is 6.92 Å². The molecule has 0 saturated heterocycles. The molecule has 1 aromatic heterocycles. The summed E-state index contributed by atoms with van der Waals surface area (Å²) in [4.78, 5) is 4.25. The maximum atomic E-state index is 5.89. The molecule has 2 aromatic carbocycles. The fraction of sp³-hybridized carbons (Fsp3) is 0.0625. The van der Waals surface area contributed by atoms with Crippen LogP contribution < -0.4 is 4.74 Å². The lowest BCUT2D eigenvalue weighted by molar-refractivity contribution is 0.457. The summed E-state index contributed by atoms with van der Waals surface area (Å²) >= 11 is 3.61. The second-order valence-electron chi connectivity index (χ2n) is 4.33. The molecular weight excluding hydrogens is 302 g/mol. The first-order chi connectivity index (χ1) is 9.25. The number of hydrogen-bond acceptors (Lipinski definition) is 2. The van der Waals surface area contributed by atoms with Crippen LogP contribution in [0.5, 0.6) is 11.6 Å². The zero-order chi connectivity index (χ0) is 13.2. The van der Waals surface area contributed by atoms with Crippen LogP contribution in [0.4, 0.5) is 0 Å². The minimum absolute atomic E-state index is 0.637. The van der Waals surface area contributed by atoms with Crippen molar-refractivity contribution in [2.24, 2.45) is 0 Å². The SMILES string of the molecule is Cc1cccnc1Oc1ccc2ccccc2c1Br. The van der Waals surface area contributed by atoms with E-state index in [-0.39, 0.29) is 0 Å². The molecular formula is C16H12BrNO. The Morgan fingerprint density at radius 1 is 1.00 bits per heavy atom. The van der Waals surface area contributed by atoms with Gasteiger partial charge in [0.1, 0.15) is 5.75 Å². The summed E-state index contributed by atoms with van der Waals surface area (Å²) in [6, 6.07) is 16.1. The first-order valence-corrected chi connectivity index (χ1v) is 6.82. The molecule has 0 radical (unpaired) electrons. The maximum Gasteiger partial charge on any atom is 0.222 e. The summed E-state index contributed by atoms with van der Waals surface area (Å²) in [5.74, 6) is 1.42. The van der Waals surface area contributed by atoms with Crippen molar-refractivity contribution in [1.29, 1.82) is 0 Å². The lowest BCUT2D eigenvalue weighted by atomic mass is 10.1. The number of aryl methyl sites for hydroxylation is 1. The van der Waals surface area contributed by atoms with Crippen LogP contribution in [-0.4, -0.2) is 4.98 Å². The zero-order valence-corrected chi connectivity index (χ0v) is 12.0. The number of aromatic nitrogens is 1. The summed E-state index contributed by atoms with van der Waals surface area (Å²) in [6.45, 7) is 1.98.